The number of aromatic hydroxyl groups is 2. The quantitative estimate of drug-likeness (QED) is 0.569. The number of benzene rings is 2. The lowest BCUT2D eigenvalue weighted by atomic mass is 9.80. The van der Waals surface area contributed by atoms with Gasteiger partial charge in [-0.1, -0.05) is 64.3 Å². The molecular formula is C28H40N2O3. The number of phenols is 2. The highest BCUT2D eigenvalue weighted by molar-refractivity contribution is 6.02. The van der Waals surface area contributed by atoms with Gasteiger partial charge in [-0.05, 0) is 55.0 Å². The van der Waals surface area contributed by atoms with Gasteiger partial charge in [-0.2, -0.15) is 0 Å². The number of carbonyl (C=O) groups excluding carboxylic acids is 1. The van der Waals surface area contributed by atoms with Gasteiger partial charge in [-0.3, -0.25) is 4.79 Å². The van der Waals surface area contributed by atoms with Gasteiger partial charge in [0.1, 0.15) is 11.5 Å². The lowest BCUT2D eigenvalue weighted by molar-refractivity contribution is 0.0660. The van der Waals surface area contributed by atoms with Crippen LogP contribution in [0.15, 0.2) is 24.3 Å². The number of rotatable bonds is 6. The van der Waals surface area contributed by atoms with E-state index in [4.69, 9.17) is 0 Å². The number of nitrogens with zero attached hydrogens (tertiary/aromatic N) is 2. The molecule has 0 aliphatic carbocycles. The Labute approximate surface area is 199 Å². The SMILES string of the molecule is CCCCCc1cc(O)c(-c2cc(C)ccc2C(C)(C)C)c(O)c1C(=O)N1CCN(C)CC1. The molecule has 0 bridgehead atoms. The number of likely N-dealkylation sites (N-methyl/N-ethyl adjacent to an activating group) is 1. The lowest BCUT2D eigenvalue weighted by Gasteiger charge is -2.33. The monoisotopic (exact) mass is 452 g/mol. The summed E-state index contributed by atoms with van der Waals surface area (Å²) in [4.78, 5) is 17.7. The van der Waals surface area contributed by atoms with Crippen molar-refractivity contribution in [2.24, 2.45) is 0 Å². The van der Waals surface area contributed by atoms with E-state index in [-0.39, 0.29) is 22.8 Å². The summed E-state index contributed by atoms with van der Waals surface area (Å²) >= 11 is 0. The highest BCUT2D eigenvalue weighted by Crippen LogP contribution is 2.46. The van der Waals surface area contributed by atoms with Gasteiger partial charge in [0, 0.05) is 26.2 Å². The third-order valence-corrected chi connectivity index (χ3v) is 6.67. The highest BCUT2D eigenvalue weighted by Gasteiger charge is 2.30. The minimum atomic E-state index is -0.191. The molecule has 1 amide bonds. The van der Waals surface area contributed by atoms with Crippen LogP contribution in [-0.2, 0) is 11.8 Å². The molecule has 180 valence electrons. The second-order valence-electron chi connectivity index (χ2n) is 10.5. The van der Waals surface area contributed by atoms with Crippen LogP contribution < -0.4 is 0 Å². The predicted molar refractivity (Wildman–Crippen MR) is 135 cm³/mol. The van der Waals surface area contributed by atoms with E-state index in [0.29, 0.717) is 30.6 Å². The molecule has 1 fully saturated rings. The summed E-state index contributed by atoms with van der Waals surface area (Å²) in [7, 11) is 2.06. The van der Waals surface area contributed by atoms with Crippen LogP contribution in [-0.4, -0.2) is 59.1 Å². The Hall–Kier alpha value is -2.53. The summed E-state index contributed by atoms with van der Waals surface area (Å²) in [5.41, 5.74) is 4.10. The maximum absolute atomic E-state index is 13.7. The van der Waals surface area contributed by atoms with E-state index in [9.17, 15) is 15.0 Å². The number of hydrogen-bond donors (Lipinski definition) is 2. The number of amides is 1. The van der Waals surface area contributed by atoms with Crippen molar-refractivity contribution in [3.8, 4) is 22.6 Å². The Balaban J connectivity index is 2.19. The fourth-order valence-corrected chi connectivity index (χ4v) is 4.66. The van der Waals surface area contributed by atoms with Crippen LogP contribution in [0.3, 0.4) is 0 Å². The van der Waals surface area contributed by atoms with Gasteiger partial charge in [-0.15, -0.1) is 0 Å². The van der Waals surface area contributed by atoms with Gasteiger partial charge in [-0.25, -0.2) is 0 Å². The van der Waals surface area contributed by atoms with Crippen LogP contribution >= 0.6 is 0 Å². The van der Waals surface area contributed by atoms with Gasteiger partial charge in [0.2, 0.25) is 0 Å². The van der Waals surface area contributed by atoms with Crippen molar-refractivity contribution in [3.63, 3.8) is 0 Å². The zero-order valence-corrected chi connectivity index (χ0v) is 21.2. The minimum absolute atomic E-state index is 0.0324. The van der Waals surface area contributed by atoms with E-state index in [1.807, 2.05) is 24.0 Å². The molecule has 0 spiro atoms. The highest BCUT2D eigenvalue weighted by atomic mass is 16.3. The summed E-state index contributed by atoms with van der Waals surface area (Å²) in [6, 6.07) is 7.81. The van der Waals surface area contributed by atoms with Crippen molar-refractivity contribution < 1.29 is 15.0 Å². The maximum Gasteiger partial charge on any atom is 0.258 e. The molecule has 2 N–H and O–H groups in total. The summed E-state index contributed by atoms with van der Waals surface area (Å²) in [5, 5.41) is 22.7. The van der Waals surface area contributed by atoms with Crippen LogP contribution in [0.25, 0.3) is 11.1 Å². The average molecular weight is 453 g/mol. The average Bonchev–Trinajstić information content (AvgIpc) is 2.73. The molecule has 1 aliphatic rings. The Morgan fingerprint density at radius 2 is 1.70 bits per heavy atom. The molecule has 3 rings (SSSR count). The molecule has 0 aromatic heterocycles. The number of piperazine rings is 1. The molecule has 2 aromatic rings. The van der Waals surface area contributed by atoms with Crippen LogP contribution in [0.2, 0.25) is 0 Å². The second kappa shape index (κ2) is 10.2. The Morgan fingerprint density at radius 1 is 1.03 bits per heavy atom. The smallest absolute Gasteiger partial charge is 0.258 e. The van der Waals surface area contributed by atoms with E-state index in [1.165, 1.54) is 0 Å². The number of aryl methyl sites for hydroxylation is 2. The topological polar surface area (TPSA) is 64.0 Å². The van der Waals surface area contributed by atoms with Gasteiger partial charge in [0.25, 0.3) is 5.91 Å². The standard InChI is InChI=1S/C28H40N2O3/c1-7-8-9-10-20-18-23(31)25(21-17-19(2)11-12-22(21)28(3,4)5)26(32)24(20)27(33)30-15-13-29(6)14-16-30/h11-12,17-18,31-32H,7-10,13-16H2,1-6H3. The molecule has 1 aliphatic heterocycles. The molecule has 0 atom stereocenters. The number of carbonyl (C=O) groups is 1. The van der Waals surface area contributed by atoms with Crippen molar-refractivity contribution in [2.75, 3.05) is 33.2 Å². The van der Waals surface area contributed by atoms with Gasteiger partial charge < -0.3 is 20.0 Å². The van der Waals surface area contributed by atoms with E-state index < -0.39 is 0 Å². The van der Waals surface area contributed by atoms with Crippen molar-refractivity contribution in [3.05, 3.63) is 46.5 Å². The van der Waals surface area contributed by atoms with Crippen LogP contribution in [0, 0.1) is 6.92 Å². The number of hydrogen-bond acceptors (Lipinski definition) is 4. The zero-order chi connectivity index (χ0) is 24.3. The van der Waals surface area contributed by atoms with E-state index in [0.717, 1.165) is 54.6 Å². The summed E-state index contributed by atoms with van der Waals surface area (Å²) in [6.45, 7) is 13.4. The maximum atomic E-state index is 13.7. The molecular weight excluding hydrogens is 412 g/mol. The van der Waals surface area contributed by atoms with E-state index in [2.05, 4.69) is 45.7 Å². The molecule has 1 saturated heterocycles. The minimum Gasteiger partial charge on any atom is -0.507 e. The third-order valence-electron chi connectivity index (χ3n) is 6.67. The molecule has 1 heterocycles. The molecule has 33 heavy (non-hydrogen) atoms. The van der Waals surface area contributed by atoms with Crippen LogP contribution in [0.5, 0.6) is 11.5 Å². The van der Waals surface area contributed by atoms with E-state index >= 15 is 0 Å². The second-order valence-corrected chi connectivity index (χ2v) is 10.5. The van der Waals surface area contributed by atoms with Gasteiger partial charge >= 0.3 is 0 Å². The van der Waals surface area contributed by atoms with Crippen LogP contribution in [0.1, 0.15) is 74.0 Å². The summed E-state index contributed by atoms with van der Waals surface area (Å²) in [5.74, 6) is -0.204. The fourth-order valence-electron chi connectivity index (χ4n) is 4.66. The first-order chi connectivity index (χ1) is 15.5. The first kappa shape index (κ1) is 25.1. The first-order valence-electron chi connectivity index (χ1n) is 12.2. The van der Waals surface area contributed by atoms with Gasteiger partial charge in [0.15, 0.2) is 0 Å². The Morgan fingerprint density at radius 3 is 2.30 bits per heavy atom. The van der Waals surface area contributed by atoms with Crippen molar-refractivity contribution in [2.45, 2.75) is 65.7 Å². The van der Waals surface area contributed by atoms with Gasteiger partial charge in [0.05, 0.1) is 11.1 Å². The first-order valence-corrected chi connectivity index (χ1v) is 12.2. The number of phenolic OH excluding ortho intramolecular Hbond substituents is 2. The fraction of sp³-hybridized carbons (Fsp3) is 0.536. The lowest BCUT2D eigenvalue weighted by Crippen LogP contribution is -2.47. The normalized spacial score (nSPS) is 15.2. The molecule has 0 saturated carbocycles. The summed E-state index contributed by atoms with van der Waals surface area (Å²) < 4.78 is 0. The Kier molecular flexibility index (Phi) is 7.73. The molecule has 5 heteroatoms. The number of unbranched alkanes of at least 4 members (excludes halogenated alkanes) is 2. The molecule has 5 nitrogen and oxygen atoms in total. The van der Waals surface area contributed by atoms with Crippen molar-refractivity contribution in [1.82, 2.24) is 9.80 Å². The predicted octanol–water partition coefficient (Wildman–Crippen LogP) is 5.49. The molecule has 2 aromatic carbocycles. The van der Waals surface area contributed by atoms with Crippen LogP contribution in [0.4, 0.5) is 0 Å². The molecule has 0 radical (unpaired) electrons. The van der Waals surface area contributed by atoms with Crippen molar-refractivity contribution in [1.29, 1.82) is 0 Å². The largest absolute Gasteiger partial charge is 0.507 e. The summed E-state index contributed by atoms with van der Waals surface area (Å²) in [6.07, 6.45) is 3.67. The van der Waals surface area contributed by atoms with E-state index in [1.54, 1.807) is 6.07 Å². The Bertz CT molecular complexity index is 999. The third kappa shape index (κ3) is 5.52. The zero-order valence-electron chi connectivity index (χ0n) is 21.2. The molecule has 0 unspecified atom stereocenters. The van der Waals surface area contributed by atoms with Crippen molar-refractivity contribution >= 4 is 5.91 Å².